The first-order valence-electron chi connectivity index (χ1n) is 8.74. The van der Waals surface area contributed by atoms with E-state index in [1.54, 1.807) is 7.11 Å². The number of nitrogens with zero attached hydrogens (tertiary/aromatic N) is 4. The summed E-state index contributed by atoms with van der Waals surface area (Å²) >= 11 is 0. The van der Waals surface area contributed by atoms with Gasteiger partial charge in [0.15, 0.2) is 0 Å². The standard InChI is InChI=1S/C21H21N5O/c1-13-9-18(27-4)17(16-7-8-23-19(13)16)12-26-11-15-6-5-14(10-22)21(25(2)3)20(15)24-26/h5-9,11,23H,12H2,1-4H3. The van der Waals surface area contributed by atoms with Crippen molar-refractivity contribution in [3.05, 3.63) is 53.3 Å². The molecule has 0 aliphatic heterocycles. The fourth-order valence-electron chi connectivity index (χ4n) is 3.69. The number of benzene rings is 2. The molecule has 0 radical (unpaired) electrons. The van der Waals surface area contributed by atoms with Gasteiger partial charge in [-0.3, -0.25) is 4.68 Å². The van der Waals surface area contributed by atoms with Gasteiger partial charge in [-0.05, 0) is 36.8 Å². The average molecular weight is 359 g/mol. The topological polar surface area (TPSA) is 69.9 Å². The fraction of sp³-hybridized carbons (Fsp3) is 0.238. The highest BCUT2D eigenvalue weighted by atomic mass is 16.5. The van der Waals surface area contributed by atoms with E-state index in [1.807, 2.05) is 48.2 Å². The summed E-state index contributed by atoms with van der Waals surface area (Å²) in [5.74, 6) is 0.852. The van der Waals surface area contributed by atoms with Crippen LogP contribution in [0.3, 0.4) is 0 Å². The molecule has 0 aliphatic rings. The third kappa shape index (κ3) is 2.68. The van der Waals surface area contributed by atoms with E-state index in [4.69, 9.17) is 9.84 Å². The van der Waals surface area contributed by atoms with Crippen LogP contribution in [-0.2, 0) is 6.54 Å². The zero-order chi connectivity index (χ0) is 19.1. The normalized spacial score (nSPS) is 11.1. The Hall–Kier alpha value is -3.46. The Bertz CT molecular complexity index is 1190. The first-order chi connectivity index (χ1) is 13.0. The summed E-state index contributed by atoms with van der Waals surface area (Å²) in [7, 11) is 5.56. The lowest BCUT2D eigenvalue weighted by Crippen LogP contribution is -2.11. The van der Waals surface area contributed by atoms with Crippen molar-refractivity contribution >= 4 is 27.5 Å². The smallest absolute Gasteiger partial charge is 0.124 e. The van der Waals surface area contributed by atoms with Crippen LogP contribution in [0.25, 0.3) is 21.8 Å². The van der Waals surface area contributed by atoms with Gasteiger partial charge in [0.25, 0.3) is 0 Å². The van der Waals surface area contributed by atoms with Crippen molar-refractivity contribution in [1.82, 2.24) is 14.8 Å². The second-order valence-corrected chi connectivity index (χ2v) is 6.87. The summed E-state index contributed by atoms with van der Waals surface area (Å²) < 4.78 is 7.56. The number of hydrogen-bond acceptors (Lipinski definition) is 4. The number of nitriles is 1. The Kier molecular flexibility index (Phi) is 4.00. The van der Waals surface area contributed by atoms with Crippen molar-refractivity contribution in [1.29, 1.82) is 5.26 Å². The lowest BCUT2D eigenvalue weighted by atomic mass is 10.0. The number of hydrogen-bond donors (Lipinski definition) is 1. The molecule has 4 rings (SSSR count). The number of H-pyrrole nitrogens is 1. The molecular weight excluding hydrogens is 338 g/mol. The first kappa shape index (κ1) is 17.0. The Labute approximate surface area is 157 Å². The summed E-state index contributed by atoms with van der Waals surface area (Å²) in [6, 6.07) is 10.2. The van der Waals surface area contributed by atoms with Crippen molar-refractivity contribution < 1.29 is 4.74 Å². The molecule has 27 heavy (non-hydrogen) atoms. The number of nitrogens with one attached hydrogen (secondary N) is 1. The molecule has 0 atom stereocenters. The van der Waals surface area contributed by atoms with Gasteiger partial charge < -0.3 is 14.6 Å². The van der Waals surface area contributed by atoms with Gasteiger partial charge in [0, 0.05) is 48.3 Å². The second-order valence-electron chi connectivity index (χ2n) is 6.87. The van der Waals surface area contributed by atoms with Crippen LogP contribution in [0.4, 0.5) is 5.69 Å². The summed E-state index contributed by atoms with van der Waals surface area (Å²) in [5.41, 5.74) is 5.64. The Morgan fingerprint density at radius 1 is 1.30 bits per heavy atom. The molecule has 2 aromatic carbocycles. The average Bonchev–Trinajstić information content (AvgIpc) is 3.29. The second kappa shape index (κ2) is 6.36. The molecule has 0 saturated carbocycles. The molecule has 136 valence electrons. The van der Waals surface area contributed by atoms with Crippen molar-refractivity contribution in [3.63, 3.8) is 0 Å². The highest BCUT2D eigenvalue weighted by molar-refractivity contribution is 5.94. The van der Waals surface area contributed by atoms with E-state index >= 15 is 0 Å². The number of ether oxygens (including phenoxy) is 1. The Balaban J connectivity index is 1.87. The van der Waals surface area contributed by atoms with Crippen molar-refractivity contribution in [3.8, 4) is 11.8 Å². The molecule has 0 spiro atoms. The third-order valence-electron chi connectivity index (χ3n) is 4.92. The highest BCUT2D eigenvalue weighted by Gasteiger charge is 2.16. The number of aromatic nitrogens is 3. The van der Waals surface area contributed by atoms with E-state index in [0.717, 1.165) is 44.4 Å². The molecule has 1 N–H and O–H groups in total. The monoisotopic (exact) mass is 359 g/mol. The van der Waals surface area contributed by atoms with Gasteiger partial charge in [-0.15, -0.1) is 0 Å². The van der Waals surface area contributed by atoms with Gasteiger partial charge in [0.2, 0.25) is 0 Å². The van der Waals surface area contributed by atoms with Gasteiger partial charge in [0.05, 0.1) is 24.9 Å². The third-order valence-corrected chi connectivity index (χ3v) is 4.92. The maximum absolute atomic E-state index is 9.43. The number of fused-ring (bicyclic) bond motifs is 2. The summed E-state index contributed by atoms with van der Waals surface area (Å²) in [6.07, 6.45) is 3.96. The van der Waals surface area contributed by atoms with E-state index in [1.165, 1.54) is 0 Å². The lowest BCUT2D eigenvalue weighted by molar-refractivity contribution is 0.408. The summed E-state index contributed by atoms with van der Waals surface area (Å²) in [5, 5.41) is 16.4. The molecule has 0 unspecified atom stereocenters. The number of anilines is 1. The van der Waals surface area contributed by atoms with Crippen LogP contribution in [0.5, 0.6) is 5.75 Å². The summed E-state index contributed by atoms with van der Waals surface area (Å²) in [6.45, 7) is 2.65. The van der Waals surface area contributed by atoms with Crippen molar-refractivity contribution in [2.45, 2.75) is 13.5 Å². The molecule has 0 aliphatic carbocycles. The van der Waals surface area contributed by atoms with Crippen LogP contribution >= 0.6 is 0 Å². The molecule has 6 heteroatoms. The Morgan fingerprint density at radius 2 is 2.11 bits per heavy atom. The van der Waals surface area contributed by atoms with Crippen LogP contribution in [0.15, 0.2) is 36.7 Å². The lowest BCUT2D eigenvalue weighted by Gasteiger charge is -2.14. The van der Waals surface area contributed by atoms with Gasteiger partial charge in [0.1, 0.15) is 17.3 Å². The van der Waals surface area contributed by atoms with E-state index in [9.17, 15) is 5.26 Å². The molecule has 6 nitrogen and oxygen atoms in total. The van der Waals surface area contributed by atoms with E-state index in [-0.39, 0.29) is 0 Å². The van der Waals surface area contributed by atoms with Crippen LogP contribution < -0.4 is 9.64 Å². The fourth-order valence-corrected chi connectivity index (χ4v) is 3.69. The predicted molar refractivity (Wildman–Crippen MR) is 107 cm³/mol. The van der Waals surface area contributed by atoms with E-state index < -0.39 is 0 Å². The quantitative estimate of drug-likeness (QED) is 0.601. The molecule has 4 aromatic rings. The Morgan fingerprint density at radius 3 is 2.81 bits per heavy atom. The molecular formula is C21H21N5O. The molecule has 0 amide bonds. The van der Waals surface area contributed by atoms with E-state index in [2.05, 4.69) is 30.1 Å². The van der Waals surface area contributed by atoms with Crippen LogP contribution in [0.2, 0.25) is 0 Å². The van der Waals surface area contributed by atoms with Gasteiger partial charge in [-0.25, -0.2) is 0 Å². The number of aryl methyl sites for hydroxylation is 1. The molecule has 0 bridgehead atoms. The zero-order valence-corrected chi connectivity index (χ0v) is 15.9. The SMILES string of the molecule is COc1cc(C)c2[nH]ccc2c1Cn1cc2ccc(C#N)c(N(C)C)c2n1. The molecule has 2 heterocycles. The molecule has 2 aromatic heterocycles. The van der Waals surface area contributed by atoms with Crippen LogP contribution in [0, 0.1) is 18.3 Å². The van der Waals surface area contributed by atoms with Crippen LogP contribution in [0.1, 0.15) is 16.7 Å². The van der Waals surface area contributed by atoms with Crippen molar-refractivity contribution in [2.75, 3.05) is 26.1 Å². The van der Waals surface area contributed by atoms with Gasteiger partial charge >= 0.3 is 0 Å². The molecule has 0 saturated heterocycles. The number of aromatic amines is 1. The minimum Gasteiger partial charge on any atom is -0.496 e. The first-order valence-corrected chi connectivity index (χ1v) is 8.74. The summed E-state index contributed by atoms with van der Waals surface area (Å²) in [4.78, 5) is 5.24. The zero-order valence-electron chi connectivity index (χ0n) is 15.9. The van der Waals surface area contributed by atoms with Crippen molar-refractivity contribution in [2.24, 2.45) is 0 Å². The largest absolute Gasteiger partial charge is 0.496 e. The highest BCUT2D eigenvalue weighted by Crippen LogP contribution is 2.32. The maximum atomic E-state index is 9.43. The maximum Gasteiger partial charge on any atom is 0.124 e. The van der Waals surface area contributed by atoms with Gasteiger partial charge in [-0.1, -0.05) is 0 Å². The van der Waals surface area contributed by atoms with Crippen LogP contribution in [-0.4, -0.2) is 36.0 Å². The number of methoxy groups -OCH3 is 1. The number of rotatable bonds is 4. The minimum absolute atomic E-state index is 0.585. The molecule has 0 fully saturated rings. The van der Waals surface area contributed by atoms with Gasteiger partial charge in [-0.2, -0.15) is 10.4 Å². The predicted octanol–water partition coefficient (Wildman–Crippen LogP) is 3.82. The minimum atomic E-state index is 0.585. The van der Waals surface area contributed by atoms with E-state index in [0.29, 0.717) is 12.1 Å².